The molecule has 12 heteroatoms. The summed E-state index contributed by atoms with van der Waals surface area (Å²) >= 11 is 0. The molecule has 5 aliphatic rings. The van der Waals surface area contributed by atoms with E-state index in [1.165, 1.54) is 12.8 Å². The minimum absolute atomic E-state index is 0.0601. The van der Waals surface area contributed by atoms with Gasteiger partial charge >= 0.3 is 12.1 Å². The highest BCUT2D eigenvalue weighted by molar-refractivity contribution is 6.08. The van der Waals surface area contributed by atoms with E-state index in [2.05, 4.69) is 20.5 Å². The van der Waals surface area contributed by atoms with Gasteiger partial charge in [0.1, 0.15) is 19.3 Å². The first kappa shape index (κ1) is 38.4. The Labute approximate surface area is 348 Å². The number of aromatic amines is 1. The van der Waals surface area contributed by atoms with E-state index in [1.807, 2.05) is 78.9 Å². The SMILES string of the molecule is O=C(NCCCC[C@H](NC(=O)c1cccc2c3c([nH]c12)[C@@H]1Oc2c(O)ccc4c2[C@@]12CCN(CC1CC1)[C@H](C4)[C@]2(O)C3)C(=O)OCc1ccccc1)OCc1ccccc1. The van der Waals surface area contributed by atoms with Crippen molar-refractivity contribution in [2.45, 2.75) is 93.8 Å². The average molecular weight is 811 g/mol. The number of phenols is 1. The Morgan fingerprint density at radius 2 is 1.67 bits per heavy atom. The fraction of sp³-hybridized carbons (Fsp3) is 0.396. The van der Waals surface area contributed by atoms with Gasteiger partial charge < -0.3 is 40.0 Å². The Kier molecular flexibility index (Phi) is 9.79. The average Bonchev–Trinajstić information content (AvgIpc) is 3.90. The summed E-state index contributed by atoms with van der Waals surface area (Å²) in [5, 5.41) is 31.0. The van der Waals surface area contributed by atoms with Crippen LogP contribution in [0, 0.1) is 5.92 Å². The summed E-state index contributed by atoms with van der Waals surface area (Å²) in [6.45, 7) is 2.35. The lowest BCUT2D eigenvalue weighted by Crippen LogP contribution is -2.74. The molecule has 10 rings (SSSR count). The van der Waals surface area contributed by atoms with Crippen molar-refractivity contribution >= 4 is 28.9 Å². The number of aliphatic hydroxyl groups is 1. The minimum atomic E-state index is -1.17. The number of likely N-dealkylation sites (tertiary alicyclic amines) is 1. The Balaban J connectivity index is 0.898. The van der Waals surface area contributed by atoms with Crippen LogP contribution in [0.2, 0.25) is 0 Å². The van der Waals surface area contributed by atoms with E-state index >= 15 is 0 Å². The standard InChI is InChI=1S/C48H50N4O8/c53-37-20-19-32-24-38-48(57)25-35-33-14-9-15-34(40(33)51-41(35)43-47(48,39(32)42(37)60-43)21-23-52(38)26-29-17-18-29)44(54)50-36(45(55)58-27-30-10-3-1-4-11-30)16-7-8-22-49-46(56)59-28-31-12-5-2-6-13-31/h1-6,9-15,19-20,29,36,38,43,51,53,57H,7-8,16-18,21-28H2,(H,49,56)(H,50,54)/t36-,38+,43-,47-,48+/m0/s1. The quantitative estimate of drug-likeness (QED) is 0.0622. The molecule has 12 nitrogen and oxygen atoms in total. The van der Waals surface area contributed by atoms with Crippen molar-refractivity contribution in [3.05, 3.63) is 130 Å². The van der Waals surface area contributed by atoms with Gasteiger partial charge in [-0.05, 0) is 91.8 Å². The normalized spacial score (nSPS) is 23.8. The van der Waals surface area contributed by atoms with Crippen LogP contribution in [-0.2, 0) is 45.7 Å². The summed E-state index contributed by atoms with van der Waals surface area (Å²) in [4.78, 5) is 46.5. The van der Waals surface area contributed by atoms with Crippen LogP contribution in [0.25, 0.3) is 10.9 Å². The van der Waals surface area contributed by atoms with Crippen LogP contribution in [0.4, 0.5) is 4.79 Å². The van der Waals surface area contributed by atoms with E-state index in [0.717, 1.165) is 52.0 Å². The molecule has 3 heterocycles. The molecular weight excluding hydrogens is 761 g/mol. The number of benzene rings is 4. The Hall–Kier alpha value is -5.85. The van der Waals surface area contributed by atoms with E-state index in [1.54, 1.807) is 12.1 Å². The smallest absolute Gasteiger partial charge is 0.407 e. The summed E-state index contributed by atoms with van der Waals surface area (Å²) in [5.74, 6) is 0.184. The molecule has 5 N–H and O–H groups in total. The first-order valence-electron chi connectivity index (χ1n) is 21.3. The molecule has 60 heavy (non-hydrogen) atoms. The van der Waals surface area contributed by atoms with Crippen molar-refractivity contribution in [2.75, 3.05) is 19.6 Å². The highest BCUT2D eigenvalue weighted by atomic mass is 16.5. The summed E-state index contributed by atoms with van der Waals surface area (Å²) in [6.07, 6.45) is 4.39. The molecule has 0 unspecified atom stereocenters. The third kappa shape index (κ3) is 6.57. The number of unbranched alkanes of at least 4 members (excludes halogenated alkanes) is 1. The number of fused-ring (bicyclic) bond motifs is 4. The van der Waals surface area contributed by atoms with Gasteiger partial charge in [0.2, 0.25) is 0 Å². The van der Waals surface area contributed by atoms with Gasteiger partial charge in [0.05, 0.1) is 27.8 Å². The van der Waals surface area contributed by atoms with Crippen LogP contribution in [0.5, 0.6) is 11.5 Å². The Morgan fingerprint density at radius 1 is 0.917 bits per heavy atom. The highest BCUT2D eigenvalue weighted by Crippen LogP contribution is 2.69. The number of rotatable bonds is 14. The first-order chi connectivity index (χ1) is 29.2. The molecular formula is C48H50N4O8. The molecule has 2 amide bonds. The van der Waals surface area contributed by atoms with Crippen molar-refractivity contribution in [3.8, 4) is 11.5 Å². The van der Waals surface area contributed by atoms with Crippen LogP contribution < -0.4 is 15.4 Å². The molecule has 1 aromatic heterocycles. The third-order valence-electron chi connectivity index (χ3n) is 13.7. The largest absolute Gasteiger partial charge is 0.504 e. The van der Waals surface area contributed by atoms with Crippen molar-refractivity contribution in [2.24, 2.45) is 5.92 Å². The summed E-state index contributed by atoms with van der Waals surface area (Å²) in [7, 11) is 0. The second-order valence-corrected chi connectivity index (χ2v) is 17.3. The molecule has 1 saturated carbocycles. The molecule has 5 aromatic rings. The maximum Gasteiger partial charge on any atom is 0.407 e. The second kappa shape index (κ2) is 15.3. The zero-order valence-corrected chi connectivity index (χ0v) is 33.5. The lowest BCUT2D eigenvalue weighted by Gasteiger charge is -2.62. The molecule has 2 aliphatic heterocycles. The topological polar surface area (TPSA) is 162 Å². The van der Waals surface area contributed by atoms with Gasteiger partial charge in [-0.2, -0.15) is 0 Å². The third-order valence-corrected chi connectivity index (χ3v) is 13.7. The lowest BCUT2D eigenvalue weighted by molar-refractivity contribution is -0.173. The van der Waals surface area contributed by atoms with E-state index < -0.39 is 41.1 Å². The van der Waals surface area contributed by atoms with Crippen LogP contribution in [0.1, 0.15) is 88.5 Å². The number of hydrogen-bond acceptors (Lipinski definition) is 9. The Bertz CT molecular complexity index is 2450. The Morgan fingerprint density at radius 3 is 2.42 bits per heavy atom. The number of aromatic hydroxyl groups is 1. The minimum Gasteiger partial charge on any atom is -0.504 e. The summed E-state index contributed by atoms with van der Waals surface area (Å²) in [5.41, 5.74) is 4.49. The number of nitrogens with zero attached hydrogens (tertiary/aromatic N) is 1. The molecule has 4 aromatic carbocycles. The number of aromatic nitrogens is 1. The van der Waals surface area contributed by atoms with Gasteiger partial charge in [0.25, 0.3) is 5.91 Å². The van der Waals surface area contributed by atoms with Gasteiger partial charge in [-0.1, -0.05) is 78.9 Å². The maximum absolute atomic E-state index is 14.4. The number of phenolic OH excluding ortho intramolecular Hbond substituents is 1. The van der Waals surface area contributed by atoms with Gasteiger partial charge in [0.15, 0.2) is 17.6 Å². The van der Waals surface area contributed by atoms with Crippen molar-refractivity contribution in [1.82, 2.24) is 20.5 Å². The fourth-order valence-electron chi connectivity index (χ4n) is 10.6. The molecule has 3 aliphatic carbocycles. The van der Waals surface area contributed by atoms with Crippen molar-refractivity contribution in [3.63, 3.8) is 0 Å². The van der Waals surface area contributed by atoms with Gasteiger partial charge in [0, 0.05) is 36.5 Å². The first-order valence-corrected chi connectivity index (χ1v) is 21.3. The predicted octanol–water partition coefficient (Wildman–Crippen LogP) is 6.51. The van der Waals surface area contributed by atoms with Crippen LogP contribution in [0.3, 0.4) is 0 Å². The van der Waals surface area contributed by atoms with E-state index in [4.69, 9.17) is 14.2 Å². The number of alkyl carbamates (subject to hydrolysis) is 1. The number of para-hydroxylation sites is 1. The fourth-order valence-corrected chi connectivity index (χ4v) is 10.6. The molecule has 2 bridgehead atoms. The second-order valence-electron chi connectivity index (χ2n) is 17.3. The number of ether oxygens (including phenoxy) is 3. The van der Waals surface area contributed by atoms with Gasteiger partial charge in [-0.3, -0.25) is 9.69 Å². The monoisotopic (exact) mass is 810 g/mol. The van der Waals surface area contributed by atoms with Crippen molar-refractivity contribution < 1.29 is 38.8 Å². The number of amides is 2. The van der Waals surface area contributed by atoms with E-state index in [9.17, 15) is 24.6 Å². The lowest BCUT2D eigenvalue weighted by atomic mass is 9.49. The molecule has 310 valence electrons. The highest BCUT2D eigenvalue weighted by Gasteiger charge is 2.73. The summed E-state index contributed by atoms with van der Waals surface area (Å²) in [6, 6.07) is 27.0. The number of H-pyrrole nitrogens is 1. The van der Waals surface area contributed by atoms with Crippen LogP contribution >= 0.6 is 0 Å². The van der Waals surface area contributed by atoms with E-state index in [-0.39, 0.29) is 31.4 Å². The number of esters is 1. The molecule has 1 spiro atoms. The predicted molar refractivity (Wildman–Crippen MR) is 222 cm³/mol. The van der Waals surface area contributed by atoms with Crippen molar-refractivity contribution in [1.29, 1.82) is 0 Å². The number of carbonyl (C=O) groups excluding carboxylic acids is 3. The van der Waals surface area contributed by atoms with E-state index in [0.29, 0.717) is 61.4 Å². The maximum atomic E-state index is 14.4. The number of hydrogen-bond donors (Lipinski definition) is 5. The van der Waals surface area contributed by atoms with Crippen LogP contribution in [-0.4, -0.2) is 75.4 Å². The summed E-state index contributed by atoms with van der Waals surface area (Å²) < 4.78 is 17.8. The zero-order chi connectivity index (χ0) is 41.0. The zero-order valence-electron chi connectivity index (χ0n) is 33.5. The van der Waals surface area contributed by atoms with Crippen LogP contribution in [0.15, 0.2) is 91.0 Å². The number of carbonyl (C=O) groups is 3. The molecule has 0 radical (unpaired) electrons. The molecule has 5 atom stereocenters. The number of piperidine rings is 1. The molecule has 2 fully saturated rings. The number of nitrogens with one attached hydrogen (secondary N) is 3. The van der Waals surface area contributed by atoms with Gasteiger partial charge in [-0.25, -0.2) is 9.59 Å². The van der Waals surface area contributed by atoms with Gasteiger partial charge in [-0.15, -0.1) is 0 Å². The molecule has 1 saturated heterocycles.